The monoisotopic (exact) mass is 353 g/mol. The van der Waals surface area contributed by atoms with Crippen molar-refractivity contribution >= 4 is 0 Å². The highest BCUT2D eigenvalue weighted by Crippen LogP contribution is 2.37. The Labute approximate surface area is 138 Å². The third kappa shape index (κ3) is 3.22. The quantitative estimate of drug-likeness (QED) is 0.597. The van der Waals surface area contributed by atoms with Crippen LogP contribution in [0.3, 0.4) is 0 Å². The van der Waals surface area contributed by atoms with E-state index >= 15 is 0 Å². The van der Waals surface area contributed by atoms with E-state index in [2.05, 4.69) is 4.98 Å². The van der Waals surface area contributed by atoms with Crippen molar-refractivity contribution in [2.45, 2.75) is 5.92 Å². The number of hydrogen-bond donors (Lipinski definition) is 0. The predicted molar refractivity (Wildman–Crippen MR) is 77.8 cm³/mol. The molecule has 1 aromatic heterocycles. The van der Waals surface area contributed by atoms with E-state index in [1.807, 2.05) is 0 Å². The fraction of sp³-hybridized carbons (Fsp3) is 0.0556. The summed E-state index contributed by atoms with van der Waals surface area (Å²) in [5.41, 5.74) is -1.66. The molecule has 0 bridgehead atoms. The Morgan fingerprint density at radius 2 is 1.08 bits per heavy atom. The van der Waals surface area contributed by atoms with Crippen LogP contribution in [0.1, 0.15) is 22.7 Å². The van der Waals surface area contributed by atoms with Crippen molar-refractivity contribution in [1.29, 1.82) is 0 Å². The predicted octanol–water partition coefficient (Wildman–Crippen LogP) is 5.10. The summed E-state index contributed by atoms with van der Waals surface area (Å²) < 4.78 is 83.4. The molecule has 25 heavy (non-hydrogen) atoms. The van der Waals surface area contributed by atoms with Gasteiger partial charge in [-0.3, -0.25) is 4.98 Å². The molecule has 0 unspecified atom stereocenters. The molecule has 0 spiro atoms. The van der Waals surface area contributed by atoms with Gasteiger partial charge in [0.15, 0.2) is 0 Å². The molecule has 0 aliphatic heterocycles. The van der Waals surface area contributed by atoms with Crippen molar-refractivity contribution in [2.75, 3.05) is 0 Å². The zero-order valence-corrected chi connectivity index (χ0v) is 12.4. The molecule has 0 atom stereocenters. The van der Waals surface area contributed by atoms with Gasteiger partial charge < -0.3 is 0 Å². The van der Waals surface area contributed by atoms with Crippen LogP contribution in [0.4, 0.5) is 26.3 Å². The standard InChI is InChI=1S/C18H9F6N/c19-9-5-11(21)16(12(22)6-9)18(15-3-1-2-4-25-15)17-13(23)7-10(20)8-14(17)24/h1-8,18H. The van der Waals surface area contributed by atoms with Crippen LogP contribution in [0.5, 0.6) is 0 Å². The minimum absolute atomic E-state index is 0.0867. The van der Waals surface area contributed by atoms with Crippen LogP contribution in [-0.4, -0.2) is 4.98 Å². The summed E-state index contributed by atoms with van der Waals surface area (Å²) >= 11 is 0. The summed E-state index contributed by atoms with van der Waals surface area (Å²) in [5, 5.41) is 0. The van der Waals surface area contributed by atoms with Gasteiger partial charge in [0.25, 0.3) is 0 Å². The normalized spacial score (nSPS) is 11.2. The summed E-state index contributed by atoms with van der Waals surface area (Å²) in [6.07, 6.45) is 1.26. The minimum Gasteiger partial charge on any atom is -0.260 e. The van der Waals surface area contributed by atoms with E-state index in [1.165, 1.54) is 24.4 Å². The summed E-state index contributed by atoms with van der Waals surface area (Å²) in [4.78, 5) is 3.89. The van der Waals surface area contributed by atoms with Crippen molar-refractivity contribution in [3.8, 4) is 0 Å². The largest absolute Gasteiger partial charge is 0.260 e. The van der Waals surface area contributed by atoms with Crippen molar-refractivity contribution in [3.05, 3.63) is 100 Å². The van der Waals surface area contributed by atoms with E-state index in [1.54, 1.807) is 0 Å². The van der Waals surface area contributed by atoms with Crippen molar-refractivity contribution < 1.29 is 26.3 Å². The maximum absolute atomic E-state index is 14.2. The lowest BCUT2D eigenvalue weighted by Gasteiger charge is -2.20. The smallest absolute Gasteiger partial charge is 0.133 e. The van der Waals surface area contributed by atoms with Gasteiger partial charge >= 0.3 is 0 Å². The van der Waals surface area contributed by atoms with Crippen LogP contribution in [0, 0.1) is 34.9 Å². The first kappa shape index (κ1) is 17.0. The van der Waals surface area contributed by atoms with Crippen LogP contribution < -0.4 is 0 Å². The molecule has 0 saturated heterocycles. The first-order valence-corrected chi connectivity index (χ1v) is 7.08. The van der Waals surface area contributed by atoms with Crippen molar-refractivity contribution in [2.24, 2.45) is 0 Å². The molecule has 0 fully saturated rings. The number of halogens is 6. The molecule has 0 aliphatic rings. The molecule has 128 valence electrons. The molecule has 1 heterocycles. The molecule has 3 aromatic rings. The SMILES string of the molecule is Fc1cc(F)c(C(c2ccccn2)c2c(F)cc(F)cc2F)c(F)c1. The average molecular weight is 353 g/mol. The van der Waals surface area contributed by atoms with Gasteiger partial charge in [-0.15, -0.1) is 0 Å². The van der Waals surface area contributed by atoms with Gasteiger partial charge in [-0.1, -0.05) is 6.07 Å². The summed E-state index contributed by atoms with van der Waals surface area (Å²) in [7, 11) is 0. The molecule has 0 amide bonds. The molecule has 0 aliphatic carbocycles. The summed E-state index contributed by atoms with van der Waals surface area (Å²) in [6.45, 7) is 0. The number of benzene rings is 2. The van der Waals surface area contributed by atoms with E-state index in [4.69, 9.17) is 0 Å². The van der Waals surface area contributed by atoms with Crippen LogP contribution in [0.15, 0.2) is 48.7 Å². The molecule has 3 rings (SSSR count). The lowest BCUT2D eigenvalue weighted by Crippen LogP contribution is -2.14. The van der Waals surface area contributed by atoms with E-state index in [0.717, 1.165) is 0 Å². The van der Waals surface area contributed by atoms with Crippen molar-refractivity contribution in [3.63, 3.8) is 0 Å². The maximum atomic E-state index is 14.2. The van der Waals surface area contributed by atoms with Gasteiger partial charge in [-0.2, -0.15) is 0 Å². The maximum Gasteiger partial charge on any atom is 0.133 e. The Balaban J connectivity index is 2.34. The van der Waals surface area contributed by atoms with E-state index in [9.17, 15) is 26.3 Å². The van der Waals surface area contributed by atoms with E-state index in [-0.39, 0.29) is 5.69 Å². The number of rotatable bonds is 3. The van der Waals surface area contributed by atoms with Crippen LogP contribution in [-0.2, 0) is 0 Å². The second-order valence-corrected chi connectivity index (χ2v) is 5.25. The molecule has 1 nitrogen and oxygen atoms in total. The van der Waals surface area contributed by atoms with Gasteiger partial charge in [0.1, 0.15) is 34.9 Å². The van der Waals surface area contributed by atoms with Crippen molar-refractivity contribution in [1.82, 2.24) is 4.98 Å². The molecular weight excluding hydrogens is 344 g/mol. The first-order chi connectivity index (χ1) is 11.9. The highest BCUT2D eigenvalue weighted by atomic mass is 19.2. The Morgan fingerprint density at radius 3 is 1.44 bits per heavy atom. The van der Waals surface area contributed by atoms with Crippen LogP contribution in [0.25, 0.3) is 0 Å². The second-order valence-electron chi connectivity index (χ2n) is 5.25. The Morgan fingerprint density at radius 1 is 0.640 bits per heavy atom. The highest BCUT2D eigenvalue weighted by Gasteiger charge is 2.31. The second kappa shape index (κ2) is 6.58. The molecule has 0 radical (unpaired) electrons. The molecule has 0 N–H and O–H groups in total. The van der Waals surface area contributed by atoms with Crippen LogP contribution >= 0.6 is 0 Å². The number of hydrogen-bond acceptors (Lipinski definition) is 1. The zero-order chi connectivity index (χ0) is 18.1. The topological polar surface area (TPSA) is 12.9 Å². The summed E-state index contributed by atoms with van der Waals surface area (Å²) in [6, 6.07) is 5.83. The highest BCUT2D eigenvalue weighted by molar-refractivity contribution is 5.43. The molecule has 7 heteroatoms. The van der Waals surface area contributed by atoms with Crippen LogP contribution in [0.2, 0.25) is 0 Å². The van der Waals surface area contributed by atoms with Gasteiger partial charge in [0, 0.05) is 41.6 Å². The number of aromatic nitrogens is 1. The van der Waals surface area contributed by atoms with Gasteiger partial charge in [0.2, 0.25) is 0 Å². The third-order valence-corrected chi connectivity index (χ3v) is 3.65. The van der Waals surface area contributed by atoms with Gasteiger partial charge in [-0.05, 0) is 12.1 Å². The first-order valence-electron chi connectivity index (χ1n) is 7.08. The number of pyridine rings is 1. The van der Waals surface area contributed by atoms with E-state index < -0.39 is 51.9 Å². The molecular formula is C18H9F6N. The Bertz CT molecular complexity index is 823. The third-order valence-electron chi connectivity index (χ3n) is 3.65. The van der Waals surface area contributed by atoms with Gasteiger partial charge in [-0.25, -0.2) is 26.3 Å². The minimum atomic E-state index is -1.66. The lowest BCUT2D eigenvalue weighted by atomic mass is 9.86. The molecule has 2 aromatic carbocycles. The average Bonchev–Trinajstić information content (AvgIpc) is 2.52. The zero-order valence-electron chi connectivity index (χ0n) is 12.4. The Kier molecular flexibility index (Phi) is 4.48. The summed E-state index contributed by atoms with van der Waals surface area (Å²) in [5.74, 6) is -9.38. The van der Waals surface area contributed by atoms with E-state index in [0.29, 0.717) is 24.3 Å². The number of nitrogens with zero attached hydrogens (tertiary/aromatic N) is 1. The Hall–Kier alpha value is -2.83. The fourth-order valence-corrected chi connectivity index (χ4v) is 2.65. The van der Waals surface area contributed by atoms with Gasteiger partial charge in [0.05, 0.1) is 11.6 Å². The lowest BCUT2D eigenvalue weighted by molar-refractivity contribution is 0.496. The fourth-order valence-electron chi connectivity index (χ4n) is 2.65. The molecule has 0 saturated carbocycles.